The molecule has 9 heteroatoms. The van der Waals surface area contributed by atoms with Gasteiger partial charge in [0.1, 0.15) is 6.54 Å². The van der Waals surface area contributed by atoms with Gasteiger partial charge in [-0.1, -0.05) is 23.5 Å². The number of hydrogen-bond donors (Lipinski definition) is 0. The van der Waals surface area contributed by atoms with E-state index in [-0.39, 0.29) is 12.5 Å². The van der Waals surface area contributed by atoms with Gasteiger partial charge in [-0.15, -0.1) is 11.8 Å². The molecule has 29 heavy (non-hydrogen) atoms. The lowest BCUT2D eigenvalue weighted by Gasteiger charge is -2.09. The predicted molar refractivity (Wildman–Crippen MR) is 113 cm³/mol. The third-order valence-electron chi connectivity index (χ3n) is 4.24. The number of aromatic nitrogens is 1. The first-order valence-electron chi connectivity index (χ1n) is 8.56. The number of carbonyl (C=O) groups excluding carboxylic acids is 2. The van der Waals surface area contributed by atoms with Crippen LogP contribution in [0.15, 0.2) is 46.3 Å². The molecular weight excluding hydrogens is 412 g/mol. The molecule has 0 atom stereocenters. The van der Waals surface area contributed by atoms with E-state index in [1.54, 1.807) is 35.9 Å². The molecule has 0 bridgehead atoms. The minimum Gasteiger partial charge on any atom is -0.493 e. The Kier molecular flexibility index (Phi) is 6.60. The highest BCUT2D eigenvalue weighted by atomic mass is 32.2. The largest absolute Gasteiger partial charge is 0.493 e. The standard InChI is InChI=1S/C20H20N2O5S2/c1-25-14-9-13-17(10-15(14)26-2)29-20(22(13)11-18(23)27-3)21-19(24)12-7-5-6-8-16(12)28-4/h5-10H,11H2,1-4H3. The monoisotopic (exact) mass is 432 g/mol. The van der Waals surface area contributed by atoms with E-state index in [9.17, 15) is 9.59 Å². The second-order valence-electron chi connectivity index (χ2n) is 5.84. The summed E-state index contributed by atoms with van der Waals surface area (Å²) in [7, 11) is 4.40. The maximum atomic E-state index is 12.9. The van der Waals surface area contributed by atoms with Crippen LogP contribution in [0, 0.1) is 0 Å². The molecule has 1 aromatic heterocycles. The van der Waals surface area contributed by atoms with Crippen molar-refractivity contribution in [1.82, 2.24) is 4.57 Å². The Bertz CT molecular complexity index is 1130. The first-order valence-corrected chi connectivity index (χ1v) is 10.6. The number of hydrogen-bond acceptors (Lipinski definition) is 7. The zero-order valence-corrected chi connectivity index (χ0v) is 18.1. The molecule has 0 spiro atoms. The fourth-order valence-electron chi connectivity index (χ4n) is 2.80. The first kappa shape index (κ1) is 20.9. The van der Waals surface area contributed by atoms with Crippen molar-refractivity contribution in [1.29, 1.82) is 0 Å². The van der Waals surface area contributed by atoms with Crippen LogP contribution in [-0.4, -0.2) is 44.0 Å². The van der Waals surface area contributed by atoms with Gasteiger partial charge in [-0.3, -0.25) is 9.59 Å². The molecule has 7 nitrogen and oxygen atoms in total. The molecule has 0 aliphatic heterocycles. The molecule has 1 heterocycles. The maximum absolute atomic E-state index is 12.9. The molecule has 0 aliphatic rings. The number of nitrogens with zero attached hydrogens (tertiary/aromatic N) is 2. The number of rotatable bonds is 6. The third kappa shape index (κ3) is 4.30. The highest BCUT2D eigenvalue weighted by Crippen LogP contribution is 2.33. The maximum Gasteiger partial charge on any atom is 0.325 e. The number of carbonyl (C=O) groups is 2. The Morgan fingerprint density at radius 3 is 2.45 bits per heavy atom. The highest BCUT2D eigenvalue weighted by Gasteiger charge is 2.16. The van der Waals surface area contributed by atoms with Gasteiger partial charge in [0.25, 0.3) is 5.91 Å². The Labute approximate surface area is 175 Å². The number of thioether (sulfide) groups is 1. The molecule has 0 N–H and O–H groups in total. The summed E-state index contributed by atoms with van der Waals surface area (Å²) in [5.74, 6) is 0.246. The Morgan fingerprint density at radius 1 is 1.10 bits per heavy atom. The minimum absolute atomic E-state index is 0.0811. The molecule has 0 saturated heterocycles. The fourth-order valence-corrected chi connectivity index (χ4v) is 4.42. The second kappa shape index (κ2) is 9.15. The Hall–Kier alpha value is -2.78. The fraction of sp³-hybridized carbons (Fsp3) is 0.250. The number of amides is 1. The molecular formula is C20H20N2O5S2. The number of methoxy groups -OCH3 is 3. The van der Waals surface area contributed by atoms with Crippen molar-refractivity contribution in [2.75, 3.05) is 27.6 Å². The summed E-state index contributed by atoms with van der Waals surface area (Å²) in [6, 6.07) is 10.8. The van der Waals surface area contributed by atoms with Gasteiger partial charge in [0.15, 0.2) is 16.3 Å². The van der Waals surface area contributed by atoms with Crippen molar-refractivity contribution in [2.45, 2.75) is 11.4 Å². The SMILES string of the molecule is COC(=O)Cn1c(=NC(=O)c2ccccc2SC)sc2cc(OC)c(OC)cc21. The van der Waals surface area contributed by atoms with Crippen LogP contribution in [0.3, 0.4) is 0 Å². The molecule has 3 rings (SSSR count). The molecule has 3 aromatic rings. The molecule has 0 fully saturated rings. The molecule has 152 valence electrons. The second-order valence-corrected chi connectivity index (χ2v) is 7.70. The number of thiazole rings is 1. The lowest BCUT2D eigenvalue weighted by atomic mass is 10.2. The van der Waals surface area contributed by atoms with E-state index < -0.39 is 5.97 Å². The molecule has 0 radical (unpaired) electrons. The van der Waals surface area contributed by atoms with Crippen molar-refractivity contribution in [2.24, 2.45) is 4.99 Å². The van der Waals surface area contributed by atoms with E-state index in [1.165, 1.54) is 37.3 Å². The summed E-state index contributed by atoms with van der Waals surface area (Å²) in [6.45, 7) is -0.0811. The average molecular weight is 433 g/mol. The van der Waals surface area contributed by atoms with Crippen LogP contribution < -0.4 is 14.3 Å². The van der Waals surface area contributed by atoms with Crippen LogP contribution in [-0.2, 0) is 16.1 Å². The van der Waals surface area contributed by atoms with Crippen LogP contribution in [0.25, 0.3) is 10.2 Å². The minimum atomic E-state index is -0.446. The molecule has 0 aliphatic carbocycles. The van der Waals surface area contributed by atoms with Crippen LogP contribution in [0.2, 0.25) is 0 Å². The van der Waals surface area contributed by atoms with Crippen LogP contribution in [0.1, 0.15) is 10.4 Å². The number of fused-ring (bicyclic) bond motifs is 1. The van der Waals surface area contributed by atoms with Gasteiger partial charge in [0.05, 0.1) is 37.1 Å². The van der Waals surface area contributed by atoms with Crippen LogP contribution in [0.4, 0.5) is 0 Å². The van der Waals surface area contributed by atoms with Crippen LogP contribution in [0.5, 0.6) is 11.5 Å². The zero-order chi connectivity index (χ0) is 21.0. The van der Waals surface area contributed by atoms with Crippen molar-refractivity contribution in [3.05, 3.63) is 46.8 Å². The van der Waals surface area contributed by atoms with Gasteiger partial charge in [0.2, 0.25) is 0 Å². The van der Waals surface area contributed by atoms with Gasteiger partial charge in [0, 0.05) is 17.0 Å². The predicted octanol–water partition coefficient (Wildman–Crippen LogP) is 3.36. The van der Waals surface area contributed by atoms with Gasteiger partial charge in [-0.2, -0.15) is 4.99 Å². The van der Waals surface area contributed by atoms with E-state index in [0.29, 0.717) is 27.4 Å². The number of ether oxygens (including phenoxy) is 3. The molecule has 2 aromatic carbocycles. The number of esters is 1. The summed E-state index contributed by atoms with van der Waals surface area (Å²) in [5.41, 5.74) is 1.21. The topological polar surface area (TPSA) is 79.1 Å². The van der Waals surface area contributed by atoms with E-state index >= 15 is 0 Å². The lowest BCUT2D eigenvalue weighted by Crippen LogP contribution is -2.22. The van der Waals surface area contributed by atoms with Crippen molar-refractivity contribution in [3.63, 3.8) is 0 Å². The normalized spacial score (nSPS) is 11.5. The summed E-state index contributed by atoms with van der Waals surface area (Å²) in [5, 5.41) is 0. The highest BCUT2D eigenvalue weighted by molar-refractivity contribution is 7.98. The average Bonchev–Trinajstić information content (AvgIpc) is 3.07. The molecule has 0 unspecified atom stereocenters. The zero-order valence-electron chi connectivity index (χ0n) is 16.4. The molecule has 1 amide bonds. The smallest absolute Gasteiger partial charge is 0.325 e. The third-order valence-corrected chi connectivity index (χ3v) is 6.07. The van der Waals surface area contributed by atoms with Gasteiger partial charge >= 0.3 is 5.97 Å². The van der Waals surface area contributed by atoms with Gasteiger partial charge < -0.3 is 18.8 Å². The van der Waals surface area contributed by atoms with Gasteiger partial charge in [-0.05, 0) is 18.4 Å². The van der Waals surface area contributed by atoms with E-state index in [4.69, 9.17) is 14.2 Å². The van der Waals surface area contributed by atoms with E-state index in [0.717, 1.165) is 9.60 Å². The lowest BCUT2D eigenvalue weighted by molar-refractivity contribution is -0.141. The van der Waals surface area contributed by atoms with Crippen molar-refractivity contribution < 1.29 is 23.8 Å². The van der Waals surface area contributed by atoms with Gasteiger partial charge in [-0.25, -0.2) is 0 Å². The van der Waals surface area contributed by atoms with Crippen molar-refractivity contribution >= 4 is 45.2 Å². The Morgan fingerprint density at radius 2 is 1.79 bits per heavy atom. The Balaban J connectivity index is 2.22. The quantitative estimate of drug-likeness (QED) is 0.439. The first-order chi connectivity index (χ1) is 14.0. The van der Waals surface area contributed by atoms with Crippen molar-refractivity contribution in [3.8, 4) is 11.5 Å². The van der Waals surface area contributed by atoms with E-state index in [1.807, 2.05) is 18.4 Å². The number of benzene rings is 2. The van der Waals surface area contributed by atoms with Crippen LogP contribution >= 0.6 is 23.1 Å². The summed E-state index contributed by atoms with van der Waals surface area (Å²) >= 11 is 2.76. The summed E-state index contributed by atoms with van der Waals surface area (Å²) in [6.07, 6.45) is 1.90. The van der Waals surface area contributed by atoms with E-state index in [2.05, 4.69) is 4.99 Å². The summed E-state index contributed by atoms with van der Waals surface area (Å²) < 4.78 is 18.0. The molecule has 0 saturated carbocycles. The summed E-state index contributed by atoms with van der Waals surface area (Å²) in [4.78, 5) is 30.4.